The van der Waals surface area contributed by atoms with Crippen molar-refractivity contribution in [2.24, 2.45) is 5.73 Å². The number of methoxy groups -OCH3 is 1. The topological polar surface area (TPSA) is 55.6 Å². The zero-order valence-electron chi connectivity index (χ0n) is 8.87. The highest BCUT2D eigenvalue weighted by atomic mass is 16.5. The van der Waals surface area contributed by atoms with E-state index < -0.39 is 0 Å². The van der Waals surface area contributed by atoms with Crippen LogP contribution in [0.3, 0.4) is 0 Å². The summed E-state index contributed by atoms with van der Waals surface area (Å²) >= 11 is 0. The third kappa shape index (κ3) is 3.64. The number of likely N-dealkylation sites (tertiary alicyclic amines) is 1. The predicted octanol–water partition coefficient (Wildman–Crippen LogP) is 0.363. The summed E-state index contributed by atoms with van der Waals surface area (Å²) in [6.45, 7) is 2.07. The number of hydrogen-bond acceptors (Lipinski definition) is 3. The van der Waals surface area contributed by atoms with Crippen molar-refractivity contribution >= 4 is 5.91 Å². The molecule has 0 saturated carbocycles. The highest BCUT2D eigenvalue weighted by Gasteiger charge is 2.18. The molecule has 1 saturated heterocycles. The molecule has 1 heterocycles. The fourth-order valence-corrected chi connectivity index (χ4v) is 1.75. The van der Waals surface area contributed by atoms with E-state index in [1.807, 2.05) is 4.90 Å². The Morgan fingerprint density at radius 1 is 1.57 bits per heavy atom. The van der Waals surface area contributed by atoms with Gasteiger partial charge in [0, 0.05) is 26.2 Å². The van der Waals surface area contributed by atoms with Crippen molar-refractivity contribution in [3.8, 4) is 0 Å². The first-order valence-corrected chi connectivity index (χ1v) is 5.26. The van der Waals surface area contributed by atoms with Gasteiger partial charge in [0.2, 0.25) is 5.91 Å². The first-order valence-electron chi connectivity index (χ1n) is 5.26. The van der Waals surface area contributed by atoms with Crippen LogP contribution in [0.2, 0.25) is 0 Å². The minimum absolute atomic E-state index is 0.156. The highest BCUT2D eigenvalue weighted by Crippen LogP contribution is 2.10. The van der Waals surface area contributed by atoms with E-state index in [4.69, 9.17) is 10.5 Å². The van der Waals surface area contributed by atoms with Crippen molar-refractivity contribution in [3.63, 3.8) is 0 Å². The summed E-state index contributed by atoms with van der Waals surface area (Å²) in [5.74, 6) is 0.171. The third-order valence-corrected chi connectivity index (χ3v) is 2.58. The van der Waals surface area contributed by atoms with Crippen LogP contribution in [0, 0.1) is 0 Å². The summed E-state index contributed by atoms with van der Waals surface area (Å²) in [4.78, 5) is 13.5. The molecule has 0 aromatic heterocycles. The molecule has 14 heavy (non-hydrogen) atoms. The van der Waals surface area contributed by atoms with Crippen molar-refractivity contribution in [2.45, 2.75) is 31.7 Å². The average molecular weight is 200 g/mol. The van der Waals surface area contributed by atoms with Gasteiger partial charge >= 0.3 is 0 Å². The lowest BCUT2D eigenvalue weighted by molar-refractivity contribution is -0.132. The molecule has 2 N–H and O–H groups in total. The van der Waals surface area contributed by atoms with Crippen molar-refractivity contribution in [3.05, 3.63) is 0 Å². The Morgan fingerprint density at radius 2 is 2.36 bits per heavy atom. The molecule has 0 aliphatic carbocycles. The number of rotatable bonds is 3. The van der Waals surface area contributed by atoms with Crippen LogP contribution in [0.25, 0.3) is 0 Å². The molecule has 1 aliphatic rings. The van der Waals surface area contributed by atoms with Crippen LogP contribution in [0.5, 0.6) is 0 Å². The van der Waals surface area contributed by atoms with Gasteiger partial charge in [-0.15, -0.1) is 0 Å². The fraction of sp³-hybridized carbons (Fsp3) is 0.900. The van der Waals surface area contributed by atoms with Crippen LogP contribution in [-0.4, -0.2) is 43.7 Å². The number of ether oxygens (including phenoxy) is 1. The molecule has 1 aliphatic heterocycles. The zero-order chi connectivity index (χ0) is 10.4. The Bertz CT molecular complexity index is 185. The van der Waals surface area contributed by atoms with E-state index >= 15 is 0 Å². The molecule has 1 atom stereocenters. The molecule has 1 amide bonds. The maximum atomic E-state index is 11.6. The van der Waals surface area contributed by atoms with Crippen LogP contribution in [-0.2, 0) is 9.53 Å². The predicted molar refractivity (Wildman–Crippen MR) is 54.9 cm³/mol. The quantitative estimate of drug-likeness (QED) is 0.715. The Balaban J connectivity index is 2.36. The van der Waals surface area contributed by atoms with E-state index in [1.54, 1.807) is 7.11 Å². The minimum atomic E-state index is 0.156. The van der Waals surface area contributed by atoms with Crippen LogP contribution < -0.4 is 5.73 Å². The lowest BCUT2D eigenvalue weighted by Crippen LogP contribution is -2.40. The van der Waals surface area contributed by atoms with Crippen LogP contribution in [0.1, 0.15) is 25.7 Å². The SMILES string of the molecule is COCCC(=O)N1CCCCC(N)C1. The Morgan fingerprint density at radius 3 is 3.07 bits per heavy atom. The summed E-state index contributed by atoms with van der Waals surface area (Å²) in [7, 11) is 1.61. The van der Waals surface area contributed by atoms with Gasteiger partial charge in [-0.05, 0) is 12.8 Å². The first kappa shape index (κ1) is 11.5. The second-order valence-electron chi connectivity index (χ2n) is 3.84. The van der Waals surface area contributed by atoms with Crippen molar-refractivity contribution in [1.29, 1.82) is 0 Å². The maximum Gasteiger partial charge on any atom is 0.224 e. The fourth-order valence-electron chi connectivity index (χ4n) is 1.75. The van der Waals surface area contributed by atoms with Gasteiger partial charge in [-0.3, -0.25) is 4.79 Å². The molecule has 0 spiro atoms. The third-order valence-electron chi connectivity index (χ3n) is 2.58. The number of hydrogen-bond donors (Lipinski definition) is 1. The zero-order valence-corrected chi connectivity index (χ0v) is 8.87. The van der Waals surface area contributed by atoms with Gasteiger partial charge < -0.3 is 15.4 Å². The molecule has 0 bridgehead atoms. The monoisotopic (exact) mass is 200 g/mol. The molecule has 1 rings (SSSR count). The van der Waals surface area contributed by atoms with Gasteiger partial charge in [-0.1, -0.05) is 6.42 Å². The van der Waals surface area contributed by atoms with Gasteiger partial charge in [0.1, 0.15) is 0 Å². The van der Waals surface area contributed by atoms with Gasteiger partial charge in [-0.25, -0.2) is 0 Å². The van der Waals surface area contributed by atoms with Crippen molar-refractivity contribution in [1.82, 2.24) is 4.90 Å². The summed E-state index contributed by atoms with van der Waals surface area (Å²) in [5, 5.41) is 0. The second-order valence-corrected chi connectivity index (χ2v) is 3.84. The molecule has 1 fully saturated rings. The van der Waals surface area contributed by atoms with Crippen molar-refractivity contribution < 1.29 is 9.53 Å². The van der Waals surface area contributed by atoms with E-state index in [-0.39, 0.29) is 11.9 Å². The van der Waals surface area contributed by atoms with Crippen molar-refractivity contribution in [2.75, 3.05) is 26.8 Å². The van der Waals surface area contributed by atoms with Crippen LogP contribution >= 0.6 is 0 Å². The largest absolute Gasteiger partial charge is 0.384 e. The standard InChI is InChI=1S/C10H20N2O2/c1-14-7-5-10(13)12-6-3-2-4-9(11)8-12/h9H,2-8,11H2,1H3. The number of carbonyl (C=O) groups is 1. The van der Waals surface area contributed by atoms with Gasteiger partial charge in [0.25, 0.3) is 0 Å². The van der Waals surface area contributed by atoms with Gasteiger partial charge in [0.15, 0.2) is 0 Å². The summed E-state index contributed by atoms with van der Waals surface area (Å²) in [6.07, 6.45) is 3.72. The van der Waals surface area contributed by atoms with Crippen LogP contribution in [0.4, 0.5) is 0 Å². The smallest absolute Gasteiger partial charge is 0.224 e. The summed E-state index contributed by atoms with van der Waals surface area (Å²) < 4.78 is 4.88. The molecule has 0 radical (unpaired) electrons. The summed E-state index contributed by atoms with van der Waals surface area (Å²) in [6, 6.07) is 0.156. The Hall–Kier alpha value is -0.610. The number of amides is 1. The molecule has 0 aromatic rings. The van der Waals surface area contributed by atoms with E-state index in [1.165, 1.54) is 0 Å². The number of carbonyl (C=O) groups excluding carboxylic acids is 1. The molecule has 4 heteroatoms. The van der Waals surface area contributed by atoms with Gasteiger partial charge in [0.05, 0.1) is 13.0 Å². The van der Waals surface area contributed by atoms with Gasteiger partial charge in [-0.2, -0.15) is 0 Å². The van der Waals surface area contributed by atoms with E-state index in [0.717, 1.165) is 25.8 Å². The average Bonchev–Trinajstić information content (AvgIpc) is 2.39. The van der Waals surface area contributed by atoms with E-state index in [9.17, 15) is 4.79 Å². The second kappa shape index (κ2) is 5.98. The number of nitrogens with two attached hydrogens (primary N) is 1. The molecule has 82 valence electrons. The maximum absolute atomic E-state index is 11.6. The number of nitrogens with zero attached hydrogens (tertiary/aromatic N) is 1. The normalized spacial score (nSPS) is 23.3. The lowest BCUT2D eigenvalue weighted by Gasteiger charge is -2.22. The van der Waals surface area contributed by atoms with E-state index in [0.29, 0.717) is 19.6 Å². The summed E-state index contributed by atoms with van der Waals surface area (Å²) in [5.41, 5.74) is 5.87. The highest BCUT2D eigenvalue weighted by molar-refractivity contribution is 5.76. The molecular formula is C10H20N2O2. The minimum Gasteiger partial charge on any atom is -0.384 e. The molecule has 4 nitrogen and oxygen atoms in total. The van der Waals surface area contributed by atoms with Crippen LogP contribution in [0.15, 0.2) is 0 Å². The molecule has 1 unspecified atom stereocenters. The lowest BCUT2D eigenvalue weighted by atomic mass is 10.2. The first-order chi connectivity index (χ1) is 6.74. The Kier molecular flexibility index (Phi) is 4.90. The molecular weight excluding hydrogens is 180 g/mol. The Labute approximate surface area is 85.4 Å². The molecule has 0 aromatic carbocycles. The van der Waals surface area contributed by atoms with E-state index in [2.05, 4.69) is 0 Å².